The molecule has 0 saturated carbocycles. The highest BCUT2D eigenvalue weighted by atomic mass is 16.5. The Morgan fingerprint density at radius 2 is 1.78 bits per heavy atom. The number of benzene rings is 2. The molecule has 4 aromatic rings. The van der Waals surface area contributed by atoms with Gasteiger partial charge in [-0.05, 0) is 87.4 Å². The molecular weight excluding hydrogens is 514 g/mol. The second-order valence-electron chi connectivity index (χ2n) is 11.3. The fourth-order valence-electron chi connectivity index (χ4n) is 5.91. The van der Waals surface area contributed by atoms with E-state index in [1.54, 1.807) is 0 Å². The van der Waals surface area contributed by atoms with Gasteiger partial charge in [0, 0.05) is 98.1 Å². The van der Waals surface area contributed by atoms with Crippen LogP contribution >= 0.6 is 0 Å². The average Bonchev–Trinajstić information content (AvgIpc) is 3.38. The van der Waals surface area contributed by atoms with E-state index in [9.17, 15) is 9.59 Å². The summed E-state index contributed by atoms with van der Waals surface area (Å²) in [5.74, 6) is -0.195. The zero-order valence-corrected chi connectivity index (χ0v) is 25.0. The zero-order chi connectivity index (χ0) is 29.3. The lowest BCUT2D eigenvalue weighted by Crippen LogP contribution is -2.40. The number of aromatic amines is 1. The summed E-state index contributed by atoms with van der Waals surface area (Å²) in [7, 11) is 4.08. The molecular formula is C33H41N5O3. The van der Waals surface area contributed by atoms with Crippen molar-refractivity contribution in [3.05, 3.63) is 87.1 Å². The maximum atomic E-state index is 13.8. The third-order valence-electron chi connectivity index (χ3n) is 8.25. The van der Waals surface area contributed by atoms with Gasteiger partial charge in [0.1, 0.15) is 0 Å². The van der Waals surface area contributed by atoms with Crippen molar-refractivity contribution in [3.8, 4) is 5.69 Å². The van der Waals surface area contributed by atoms with Crippen LogP contribution in [0.2, 0.25) is 0 Å². The summed E-state index contributed by atoms with van der Waals surface area (Å²) >= 11 is 0. The highest BCUT2D eigenvalue weighted by molar-refractivity contribution is 5.98. The van der Waals surface area contributed by atoms with Crippen LogP contribution in [0.25, 0.3) is 16.5 Å². The molecule has 5 rings (SSSR count). The molecule has 0 unspecified atom stereocenters. The molecule has 1 amide bonds. The van der Waals surface area contributed by atoms with Crippen molar-refractivity contribution >= 4 is 28.1 Å². The van der Waals surface area contributed by atoms with Gasteiger partial charge >= 0.3 is 0 Å². The summed E-state index contributed by atoms with van der Waals surface area (Å²) in [6.07, 6.45) is 6.15. The Hall–Kier alpha value is -4.04. The number of ether oxygens (including phenoxy) is 1. The number of carbonyl (C=O) groups is 1. The molecule has 0 radical (unpaired) electrons. The minimum Gasteiger partial charge on any atom is -0.381 e. The van der Waals surface area contributed by atoms with Crippen LogP contribution in [0.5, 0.6) is 0 Å². The molecule has 41 heavy (non-hydrogen) atoms. The highest BCUT2D eigenvalue weighted by Crippen LogP contribution is 2.33. The maximum Gasteiger partial charge on any atom is 0.253 e. The molecule has 2 N–H and O–H groups in total. The standard InChI is InChI=1S/C33H41N5O3/c1-7-38(26-10-12-41-13-11-26)31-17-28(37-19-24-8-9-27(36(5)6)15-25(24)20-37)16-29(23(31)4)32(39)34-18-30-21(2)14-22(3)35-33(30)40/h8-9,14-17,19-20,26H,7,10-13,18H2,1-6H3,(H,34,39)(H,35,40). The first-order valence-electron chi connectivity index (χ1n) is 14.4. The number of H-pyrrole nitrogens is 1. The Kier molecular flexibility index (Phi) is 8.22. The van der Waals surface area contributed by atoms with Crippen molar-refractivity contribution in [1.82, 2.24) is 14.9 Å². The van der Waals surface area contributed by atoms with Gasteiger partial charge in [0.2, 0.25) is 0 Å². The van der Waals surface area contributed by atoms with Crippen LogP contribution in [-0.2, 0) is 11.3 Å². The largest absolute Gasteiger partial charge is 0.381 e. The van der Waals surface area contributed by atoms with E-state index in [2.05, 4.69) is 68.3 Å². The monoisotopic (exact) mass is 555 g/mol. The van der Waals surface area contributed by atoms with Gasteiger partial charge in [0.05, 0.1) is 0 Å². The molecule has 2 aromatic carbocycles. The summed E-state index contributed by atoms with van der Waals surface area (Å²) in [6, 6.07) is 12.9. The number of fused-ring (bicyclic) bond motifs is 1. The number of hydrogen-bond acceptors (Lipinski definition) is 5. The van der Waals surface area contributed by atoms with Crippen molar-refractivity contribution in [1.29, 1.82) is 0 Å². The Morgan fingerprint density at radius 1 is 1.05 bits per heavy atom. The van der Waals surface area contributed by atoms with Crippen LogP contribution in [0, 0.1) is 20.8 Å². The fourth-order valence-corrected chi connectivity index (χ4v) is 5.91. The smallest absolute Gasteiger partial charge is 0.253 e. The molecule has 1 saturated heterocycles. The third-order valence-corrected chi connectivity index (χ3v) is 8.25. The summed E-state index contributed by atoms with van der Waals surface area (Å²) in [5.41, 5.74) is 6.73. The molecule has 0 bridgehead atoms. The number of rotatable bonds is 8. The van der Waals surface area contributed by atoms with E-state index < -0.39 is 0 Å². The van der Waals surface area contributed by atoms with E-state index >= 15 is 0 Å². The number of anilines is 2. The summed E-state index contributed by atoms with van der Waals surface area (Å²) < 4.78 is 7.76. The minimum absolute atomic E-state index is 0.164. The SMILES string of the molecule is CCN(c1cc(-n2cc3ccc(N(C)C)cc3c2)cc(C(=O)NCc2c(C)cc(C)[nH]c2=O)c1C)C1CCOCC1. The Labute approximate surface area is 241 Å². The number of nitrogens with one attached hydrogen (secondary N) is 2. The highest BCUT2D eigenvalue weighted by Gasteiger charge is 2.25. The summed E-state index contributed by atoms with van der Waals surface area (Å²) in [5, 5.41) is 5.30. The number of nitrogens with zero attached hydrogens (tertiary/aromatic N) is 3. The molecule has 1 aliphatic rings. The van der Waals surface area contributed by atoms with Gasteiger partial charge in [0.25, 0.3) is 11.5 Å². The van der Waals surface area contributed by atoms with Crippen LogP contribution in [0.3, 0.4) is 0 Å². The van der Waals surface area contributed by atoms with Crippen molar-refractivity contribution in [2.75, 3.05) is 43.7 Å². The zero-order valence-electron chi connectivity index (χ0n) is 25.0. The fraction of sp³-hybridized carbons (Fsp3) is 0.394. The Morgan fingerprint density at radius 3 is 2.46 bits per heavy atom. The number of pyridine rings is 1. The van der Waals surface area contributed by atoms with Crippen LogP contribution in [0.15, 0.2) is 53.6 Å². The lowest BCUT2D eigenvalue weighted by molar-refractivity contribution is 0.0846. The molecule has 1 fully saturated rings. The van der Waals surface area contributed by atoms with Crippen LogP contribution in [0.4, 0.5) is 11.4 Å². The number of carbonyl (C=O) groups excluding carboxylic acids is 1. The number of aryl methyl sites for hydroxylation is 2. The van der Waals surface area contributed by atoms with E-state index in [1.165, 1.54) is 0 Å². The average molecular weight is 556 g/mol. The van der Waals surface area contributed by atoms with E-state index in [0.717, 1.165) is 77.3 Å². The van der Waals surface area contributed by atoms with Gasteiger partial charge in [-0.1, -0.05) is 6.07 Å². The Balaban J connectivity index is 1.57. The van der Waals surface area contributed by atoms with Gasteiger partial charge in [-0.3, -0.25) is 9.59 Å². The molecule has 0 aliphatic carbocycles. The van der Waals surface area contributed by atoms with E-state index in [-0.39, 0.29) is 18.0 Å². The predicted octanol–water partition coefficient (Wildman–Crippen LogP) is 5.25. The van der Waals surface area contributed by atoms with Crippen LogP contribution in [-0.4, -0.2) is 55.4 Å². The molecule has 0 atom stereocenters. The first kappa shape index (κ1) is 28.5. The van der Waals surface area contributed by atoms with Crippen LogP contribution < -0.4 is 20.7 Å². The lowest BCUT2D eigenvalue weighted by Gasteiger charge is -2.37. The summed E-state index contributed by atoms with van der Waals surface area (Å²) in [6.45, 7) is 10.4. The van der Waals surface area contributed by atoms with Crippen molar-refractivity contribution in [3.63, 3.8) is 0 Å². The number of amides is 1. The number of aromatic nitrogens is 2. The van der Waals surface area contributed by atoms with Crippen molar-refractivity contribution in [2.45, 2.75) is 53.1 Å². The molecule has 216 valence electrons. The van der Waals surface area contributed by atoms with Gasteiger partial charge < -0.3 is 29.4 Å². The van der Waals surface area contributed by atoms with Gasteiger partial charge in [-0.2, -0.15) is 0 Å². The predicted molar refractivity (Wildman–Crippen MR) is 167 cm³/mol. The second-order valence-corrected chi connectivity index (χ2v) is 11.3. The maximum absolute atomic E-state index is 13.8. The quantitative estimate of drug-likeness (QED) is 0.311. The van der Waals surface area contributed by atoms with E-state index in [4.69, 9.17) is 4.74 Å². The first-order chi connectivity index (χ1) is 19.7. The summed E-state index contributed by atoms with van der Waals surface area (Å²) in [4.78, 5) is 33.7. The number of hydrogen-bond donors (Lipinski definition) is 2. The molecule has 2 aromatic heterocycles. The Bertz CT molecular complexity index is 1630. The van der Waals surface area contributed by atoms with Crippen molar-refractivity contribution in [2.24, 2.45) is 0 Å². The minimum atomic E-state index is -0.195. The van der Waals surface area contributed by atoms with E-state index in [1.807, 2.05) is 47.0 Å². The van der Waals surface area contributed by atoms with E-state index in [0.29, 0.717) is 17.2 Å². The van der Waals surface area contributed by atoms with Gasteiger partial charge in [-0.15, -0.1) is 0 Å². The molecule has 8 heteroatoms. The van der Waals surface area contributed by atoms with Crippen molar-refractivity contribution < 1.29 is 9.53 Å². The normalized spacial score (nSPS) is 13.9. The molecule has 3 heterocycles. The first-order valence-corrected chi connectivity index (χ1v) is 14.4. The topological polar surface area (TPSA) is 82.6 Å². The van der Waals surface area contributed by atoms with Crippen LogP contribution in [0.1, 0.15) is 52.5 Å². The third kappa shape index (κ3) is 5.88. The second kappa shape index (κ2) is 11.8. The molecule has 8 nitrogen and oxygen atoms in total. The van der Waals surface area contributed by atoms with Gasteiger partial charge in [-0.25, -0.2) is 0 Å². The molecule has 1 aliphatic heterocycles. The van der Waals surface area contributed by atoms with Gasteiger partial charge in [0.15, 0.2) is 0 Å². The lowest BCUT2D eigenvalue weighted by atomic mass is 9.99. The molecule has 0 spiro atoms.